The third-order valence-electron chi connectivity index (χ3n) is 5.22. The molecule has 0 spiro atoms. The molecule has 0 saturated heterocycles. The van der Waals surface area contributed by atoms with Crippen LogP contribution in [0.15, 0.2) is 35.9 Å². The highest BCUT2D eigenvalue weighted by Crippen LogP contribution is 2.63. The number of ether oxygens (including phenoxy) is 1. The zero-order valence-corrected chi connectivity index (χ0v) is 12.7. The second kappa shape index (κ2) is 4.55. The Balaban J connectivity index is 2.09. The fourth-order valence-corrected chi connectivity index (χ4v) is 4.14. The second-order valence-corrected chi connectivity index (χ2v) is 6.56. The molecule has 0 radical (unpaired) electrons. The first-order valence-electron chi connectivity index (χ1n) is 7.30. The topological polar surface area (TPSA) is 43.4 Å². The molecule has 110 valence electrons. The summed E-state index contributed by atoms with van der Waals surface area (Å²) >= 11 is 0. The molecule has 21 heavy (non-hydrogen) atoms. The van der Waals surface area contributed by atoms with Gasteiger partial charge in [-0.05, 0) is 36.3 Å². The number of rotatable bonds is 2. The van der Waals surface area contributed by atoms with E-state index in [1.807, 2.05) is 18.2 Å². The summed E-state index contributed by atoms with van der Waals surface area (Å²) in [7, 11) is 1.37. The Kier molecular flexibility index (Phi) is 3.05. The van der Waals surface area contributed by atoms with Crippen molar-refractivity contribution in [2.24, 2.45) is 10.8 Å². The Morgan fingerprint density at radius 1 is 1.19 bits per heavy atom. The molecule has 2 unspecified atom stereocenters. The van der Waals surface area contributed by atoms with Crippen molar-refractivity contribution in [3.05, 3.63) is 41.5 Å². The van der Waals surface area contributed by atoms with Crippen LogP contribution in [0.1, 0.15) is 38.7 Å². The zero-order valence-electron chi connectivity index (χ0n) is 12.7. The third-order valence-corrected chi connectivity index (χ3v) is 5.22. The molecule has 3 rings (SSSR count). The molecule has 2 atom stereocenters. The van der Waals surface area contributed by atoms with Crippen molar-refractivity contribution in [2.75, 3.05) is 7.11 Å². The standard InChI is InChI=1S/C18H20O3/c1-12(13-7-5-4-6-8-13)14-9-18(16(20)21-3)11-17(14,2)10-15(18)19/h4-8H,9-11H2,1-3H3/b14-12-. The number of methoxy groups -OCH3 is 1. The van der Waals surface area contributed by atoms with Crippen molar-refractivity contribution < 1.29 is 14.3 Å². The fourth-order valence-electron chi connectivity index (χ4n) is 4.14. The Labute approximate surface area is 125 Å². The van der Waals surface area contributed by atoms with Gasteiger partial charge in [0.15, 0.2) is 5.78 Å². The van der Waals surface area contributed by atoms with Gasteiger partial charge >= 0.3 is 5.97 Å². The van der Waals surface area contributed by atoms with Crippen LogP contribution in [-0.2, 0) is 14.3 Å². The summed E-state index contributed by atoms with van der Waals surface area (Å²) in [6.07, 6.45) is 1.54. The summed E-state index contributed by atoms with van der Waals surface area (Å²) in [6, 6.07) is 10.2. The normalized spacial score (nSPS) is 33.2. The SMILES string of the molecule is COC(=O)C12C/C(=C(\C)c3ccccc3)C(C)(CC1=O)C2. The van der Waals surface area contributed by atoms with Gasteiger partial charge in [-0.15, -0.1) is 0 Å². The summed E-state index contributed by atoms with van der Waals surface area (Å²) in [5, 5.41) is 0. The van der Waals surface area contributed by atoms with Gasteiger partial charge in [-0.3, -0.25) is 9.59 Å². The fraction of sp³-hybridized carbons (Fsp3) is 0.444. The van der Waals surface area contributed by atoms with Gasteiger partial charge in [-0.25, -0.2) is 0 Å². The zero-order chi connectivity index (χ0) is 15.3. The molecule has 1 aromatic rings. The van der Waals surface area contributed by atoms with Crippen LogP contribution in [0.5, 0.6) is 0 Å². The van der Waals surface area contributed by atoms with Crippen LogP contribution in [0.4, 0.5) is 0 Å². The summed E-state index contributed by atoms with van der Waals surface area (Å²) < 4.78 is 4.92. The molecule has 0 N–H and O–H groups in total. The van der Waals surface area contributed by atoms with Gasteiger partial charge < -0.3 is 4.74 Å². The minimum absolute atomic E-state index is 0.0430. The van der Waals surface area contributed by atoms with Crippen LogP contribution in [0.2, 0.25) is 0 Å². The van der Waals surface area contributed by atoms with Crippen molar-refractivity contribution in [3.8, 4) is 0 Å². The van der Waals surface area contributed by atoms with Gasteiger partial charge in [-0.2, -0.15) is 0 Å². The largest absolute Gasteiger partial charge is 0.468 e. The van der Waals surface area contributed by atoms with E-state index in [2.05, 4.69) is 26.0 Å². The highest BCUT2D eigenvalue weighted by atomic mass is 16.5. The Morgan fingerprint density at radius 3 is 2.48 bits per heavy atom. The van der Waals surface area contributed by atoms with E-state index in [-0.39, 0.29) is 17.2 Å². The van der Waals surface area contributed by atoms with E-state index in [1.54, 1.807) is 0 Å². The minimum atomic E-state index is -0.936. The number of ketones is 1. The summed E-state index contributed by atoms with van der Waals surface area (Å²) in [6.45, 7) is 4.19. The lowest BCUT2D eigenvalue weighted by atomic mass is 9.75. The number of benzene rings is 1. The first-order valence-corrected chi connectivity index (χ1v) is 7.30. The summed E-state index contributed by atoms with van der Waals surface area (Å²) in [5.41, 5.74) is 2.45. The molecule has 1 aromatic carbocycles. The number of fused-ring (bicyclic) bond motifs is 2. The number of hydrogen-bond acceptors (Lipinski definition) is 3. The van der Waals surface area contributed by atoms with Gasteiger partial charge in [0.05, 0.1) is 7.11 Å². The molecule has 2 saturated carbocycles. The van der Waals surface area contributed by atoms with Crippen LogP contribution >= 0.6 is 0 Å². The molecule has 2 aliphatic carbocycles. The maximum Gasteiger partial charge on any atom is 0.319 e. The van der Waals surface area contributed by atoms with E-state index in [1.165, 1.54) is 18.3 Å². The highest BCUT2D eigenvalue weighted by molar-refractivity contribution is 6.08. The minimum Gasteiger partial charge on any atom is -0.468 e. The second-order valence-electron chi connectivity index (χ2n) is 6.56. The van der Waals surface area contributed by atoms with Crippen LogP contribution in [0.25, 0.3) is 5.57 Å². The van der Waals surface area contributed by atoms with E-state index >= 15 is 0 Å². The summed E-state index contributed by atoms with van der Waals surface area (Å²) in [5.74, 6) is -0.325. The van der Waals surface area contributed by atoms with E-state index in [9.17, 15) is 9.59 Å². The molecule has 2 bridgehead atoms. The Bertz CT molecular complexity index is 634. The molecule has 0 aliphatic heterocycles. The molecule has 3 nitrogen and oxygen atoms in total. The number of allylic oxidation sites excluding steroid dienone is 2. The van der Waals surface area contributed by atoms with Gasteiger partial charge in [0.2, 0.25) is 0 Å². The molecule has 2 fully saturated rings. The van der Waals surface area contributed by atoms with Crippen LogP contribution < -0.4 is 0 Å². The number of esters is 1. The lowest BCUT2D eigenvalue weighted by Crippen LogP contribution is -2.36. The Hall–Kier alpha value is -1.90. The van der Waals surface area contributed by atoms with E-state index in [0.717, 1.165) is 5.56 Å². The molecule has 3 heteroatoms. The highest BCUT2D eigenvalue weighted by Gasteiger charge is 2.65. The van der Waals surface area contributed by atoms with E-state index < -0.39 is 5.41 Å². The molecule has 0 heterocycles. The maximum absolute atomic E-state index is 12.3. The van der Waals surface area contributed by atoms with E-state index in [0.29, 0.717) is 19.3 Å². The average Bonchev–Trinajstić information content (AvgIpc) is 2.94. The van der Waals surface area contributed by atoms with Gasteiger partial charge in [0, 0.05) is 6.42 Å². The number of carbonyl (C=O) groups excluding carboxylic acids is 2. The average molecular weight is 284 g/mol. The Morgan fingerprint density at radius 2 is 1.86 bits per heavy atom. The molecule has 2 aliphatic rings. The van der Waals surface area contributed by atoms with Crippen molar-refractivity contribution in [2.45, 2.75) is 33.1 Å². The number of Topliss-reactive ketones (excluding diaryl/α,β-unsaturated/α-hetero) is 1. The summed E-state index contributed by atoms with van der Waals surface area (Å²) in [4.78, 5) is 24.5. The number of carbonyl (C=O) groups is 2. The van der Waals surface area contributed by atoms with Crippen molar-refractivity contribution in [1.82, 2.24) is 0 Å². The van der Waals surface area contributed by atoms with Gasteiger partial charge in [0.1, 0.15) is 5.41 Å². The first-order chi connectivity index (χ1) is 9.93. The van der Waals surface area contributed by atoms with Crippen molar-refractivity contribution >= 4 is 17.3 Å². The lowest BCUT2D eigenvalue weighted by molar-refractivity contribution is -0.156. The maximum atomic E-state index is 12.3. The van der Waals surface area contributed by atoms with Crippen LogP contribution in [-0.4, -0.2) is 18.9 Å². The molecular weight excluding hydrogens is 264 g/mol. The lowest BCUT2D eigenvalue weighted by Gasteiger charge is -2.28. The van der Waals surface area contributed by atoms with Gasteiger partial charge in [0.25, 0.3) is 0 Å². The van der Waals surface area contributed by atoms with Crippen molar-refractivity contribution in [3.63, 3.8) is 0 Å². The first kappa shape index (κ1) is 14.1. The molecular formula is C18H20O3. The van der Waals surface area contributed by atoms with E-state index in [4.69, 9.17) is 4.74 Å². The van der Waals surface area contributed by atoms with Gasteiger partial charge in [-0.1, -0.05) is 42.8 Å². The predicted octanol–water partition coefficient (Wildman–Crippen LogP) is 3.39. The van der Waals surface area contributed by atoms with Crippen molar-refractivity contribution in [1.29, 1.82) is 0 Å². The molecule has 0 amide bonds. The predicted molar refractivity (Wildman–Crippen MR) is 80.5 cm³/mol. The van der Waals surface area contributed by atoms with Crippen LogP contribution in [0, 0.1) is 10.8 Å². The monoisotopic (exact) mass is 284 g/mol. The molecule has 0 aromatic heterocycles. The quantitative estimate of drug-likeness (QED) is 0.617. The van der Waals surface area contributed by atoms with Crippen LogP contribution in [0.3, 0.4) is 0 Å². The smallest absolute Gasteiger partial charge is 0.319 e. The third kappa shape index (κ3) is 1.87. The number of hydrogen-bond donors (Lipinski definition) is 0.